The third-order valence-corrected chi connectivity index (χ3v) is 4.69. The molecule has 4 N–H and O–H groups in total. The second-order valence-electron chi connectivity index (χ2n) is 6.63. The SMILES string of the molecule is C=C(/C=C(\N)c1cc(Cl)ccc1F)Nc1ccnc(NC(=O)CCN(CC)CC)c1. The molecule has 0 radical (unpaired) electrons. The number of pyridine rings is 1. The van der Waals surface area contributed by atoms with Gasteiger partial charge in [0.1, 0.15) is 11.6 Å². The minimum atomic E-state index is -0.473. The Hall–Kier alpha value is -2.90. The predicted molar refractivity (Wildman–Crippen MR) is 122 cm³/mol. The fourth-order valence-electron chi connectivity index (χ4n) is 2.79. The number of amides is 1. The molecule has 1 heterocycles. The van der Waals surface area contributed by atoms with Crippen LogP contribution in [-0.4, -0.2) is 35.4 Å². The van der Waals surface area contributed by atoms with Gasteiger partial charge in [-0.05, 0) is 43.4 Å². The molecule has 6 nitrogen and oxygen atoms in total. The van der Waals surface area contributed by atoms with Crippen molar-refractivity contribution in [3.05, 3.63) is 71.3 Å². The van der Waals surface area contributed by atoms with Crippen molar-refractivity contribution in [3.63, 3.8) is 0 Å². The lowest BCUT2D eigenvalue weighted by molar-refractivity contribution is -0.116. The van der Waals surface area contributed by atoms with Crippen molar-refractivity contribution in [2.75, 3.05) is 30.3 Å². The molecule has 160 valence electrons. The number of hydrogen-bond acceptors (Lipinski definition) is 5. The summed E-state index contributed by atoms with van der Waals surface area (Å²) in [5.74, 6) is -0.152. The van der Waals surface area contributed by atoms with Crippen LogP contribution < -0.4 is 16.4 Å². The third-order valence-electron chi connectivity index (χ3n) is 4.45. The van der Waals surface area contributed by atoms with Crippen molar-refractivity contribution in [1.82, 2.24) is 9.88 Å². The molecule has 0 bridgehead atoms. The van der Waals surface area contributed by atoms with E-state index in [1.54, 1.807) is 18.3 Å². The summed E-state index contributed by atoms with van der Waals surface area (Å²) in [4.78, 5) is 18.5. The van der Waals surface area contributed by atoms with E-state index in [0.717, 1.165) is 13.1 Å². The van der Waals surface area contributed by atoms with Gasteiger partial charge in [-0.1, -0.05) is 32.0 Å². The molecular weight excluding hydrogens is 405 g/mol. The van der Waals surface area contributed by atoms with Gasteiger partial charge in [0.2, 0.25) is 5.91 Å². The lowest BCUT2D eigenvalue weighted by atomic mass is 10.1. The van der Waals surface area contributed by atoms with E-state index in [1.165, 1.54) is 24.3 Å². The van der Waals surface area contributed by atoms with Crippen molar-refractivity contribution in [3.8, 4) is 0 Å². The summed E-state index contributed by atoms with van der Waals surface area (Å²) in [7, 11) is 0. The Bertz CT molecular complexity index is 927. The van der Waals surface area contributed by atoms with Crippen molar-refractivity contribution >= 4 is 34.7 Å². The highest BCUT2D eigenvalue weighted by Gasteiger charge is 2.08. The number of hydrogen-bond donors (Lipinski definition) is 3. The maximum atomic E-state index is 13.9. The van der Waals surface area contributed by atoms with Gasteiger partial charge in [-0.15, -0.1) is 0 Å². The van der Waals surface area contributed by atoms with Gasteiger partial charge in [-0.25, -0.2) is 9.37 Å². The molecule has 0 aliphatic heterocycles. The summed E-state index contributed by atoms with van der Waals surface area (Å²) in [6.07, 6.45) is 3.47. The topological polar surface area (TPSA) is 83.3 Å². The standard InChI is InChI=1S/C22H27ClFN5O/c1-4-29(5-2)11-9-22(30)28-21-14-17(8-10-26-21)27-15(3)12-20(25)18-13-16(23)6-7-19(18)24/h6-8,10,12-14H,3-5,9,11,25H2,1-2H3,(H2,26,27,28,30)/b20-12-. The number of anilines is 2. The number of carbonyl (C=O) groups excluding carboxylic acids is 1. The molecule has 0 aliphatic rings. The van der Waals surface area contributed by atoms with Gasteiger partial charge in [0.05, 0.1) is 0 Å². The number of rotatable bonds is 10. The van der Waals surface area contributed by atoms with E-state index in [9.17, 15) is 9.18 Å². The molecular formula is C22H27ClFN5O. The van der Waals surface area contributed by atoms with Gasteiger partial charge in [-0.3, -0.25) is 4.79 Å². The van der Waals surface area contributed by atoms with Crippen LogP contribution in [0.5, 0.6) is 0 Å². The fourth-order valence-corrected chi connectivity index (χ4v) is 2.96. The van der Waals surface area contributed by atoms with Gasteiger partial charge >= 0.3 is 0 Å². The van der Waals surface area contributed by atoms with E-state index >= 15 is 0 Å². The molecule has 0 unspecified atom stereocenters. The van der Waals surface area contributed by atoms with Crippen LogP contribution in [0.4, 0.5) is 15.9 Å². The molecule has 2 aromatic rings. The molecule has 0 atom stereocenters. The van der Waals surface area contributed by atoms with Crippen LogP contribution >= 0.6 is 11.6 Å². The second kappa shape index (κ2) is 11.3. The Morgan fingerprint density at radius 1 is 1.27 bits per heavy atom. The normalized spacial score (nSPS) is 11.4. The highest BCUT2D eigenvalue weighted by atomic mass is 35.5. The minimum Gasteiger partial charge on any atom is -0.398 e. The summed E-state index contributed by atoms with van der Waals surface area (Å²) in [5, 5.41) is 6.23. The zero-order valence-electron chi connectivity index (χ0n) is 17.2. The molecule has 0 saturated heterocycles. The number of aromatic nitrogens is 1. The Kier molecular flexibility index (Phi) is 8.83. The summed E-state index contributed by atoms with van der Waals surface area (Å²) >= 11 is 5.91. The van der Waals surface area contributed by atoms with Crippen molar-refractivity contribution in [2.24, 2.45) is 5.73 Å². The van der Waals surface area contributed by atoms with Crippen LogP contribution in [0.25, 0.3) is 5.70 Å². The molecule has 0 saturated carbocycles. The zero-order chi connectivity index (χ0) is 22.1. The van der Waals surface area contributed by atoms with Crippen LogP contribution in [0.3, 0.4) is 0 Å². The summed E-state index contributed by atoms with van der Waals surface area (Å²) in [5.41, 5.74) is 7.46. The lowest BCUT2D eigenvalue weighted by Crippen LogP contribution is -2.27. The number of benzene rings is 1. The average molecular weight is 432 g/mol. The average Bonchev–Trinajstić information content (AvgIpc) is 2.70. The number of halogens is 2. The largest absolute Gasteiger partial charge is 0.398 e. The van der Waals surface area contributed by atoms with Gasteiger partial charge in [-0.2, -0.15) is 0 Å². The molecule has 30 heavy (non-hydrogen) atoms. The molecule has 0 spiro atoms. The number of nitrogens with two attached hydrogens (primary N) is 1. The fraction of sp³-hybridized carbons (Fsp3) is 0.273. The highest BCUT2D eigenvalue weighted by molar-refractivity contribution is 6.30. The Morgan fingerprint density at radius 2 is 2.00 bits per heavy atom. The van der Waals surface area contributed by atoms with Crippen LogP contribution in [0, 0.1) is 5.82 Å². The number of allylic oxidation sites excluding steroid dienone is 1. The third kappa shape index (κ3) is 7.17. The van der Waals surface area contributed by atoms with Gasteiger partial charge in [0, 0.05) is 52.9 Å². The minimum absolute atomic E-state index is 0.106. The molecule has 0 aliphatic carbocycles. The van der Waals surface area contributed by atoms with Crippen molar-refractivity contribution in [1.29, 1.82) is 0 Å². The smallest absolute Gasteiger partial charge is 0.226 e. The monoisotopic (exact) mass is 431 g/mol. The lowest BCUT2D eigenvalue weighted by Gasteiger charge is -2.17. The van der Waals surface area contributed by atoms with Crippen molar-refractivity contribution in [2.45, 2.75) is 20.3 Å². The number of carbonyl (C=O) groups is 1. The van der Waals surface area contributed by atoms with E-state index in [2.05, 4.69) is 40.9 Å². The Labute approximate surface area is 181 Å². The van der Waals surface area contributed by atoms with Crippen LogP contribution in [-0.2, 0) is 4.79 Å². The van der Waals surface area contributed by atoms with Crippen LogP contribution in [0.15, 0.2) is 54.9 Å². The maximum absolute atomic E-state index is 13.9. The first-order valence-corrected chi connectivity index (χ1v) is 10.1. The van der Waals surface area contributed by atoms with E-state index in [-0.39, 0.29) is 17.2 Å². The summed E-state index contributed by atoms with van der Waals surface area (Å²) in [6, 6.07) is 7.57. The molecule has 1 aromatic heterocycles. The maximum Gasteiger partial charge on any atom is 0.226 e. The molecule has 1 amide bonds. The summed E-state index contributed by atoms with van der Waals surface area (Å²) in [6.45, 7) is 10.5. The Balaban J connectivity index is 1.99. The quantitative estimate of drug-likeness (QED) is 0.483. The first-order chi connectivity index (χ1) is 14.3. The molecule has 8 heteroatoms. The van der Waals surface area contributed by atoms with Crippen LogP contribution in [0.1, 0.15) is 25.8 Å². The number of nitrogens with zero attached hydrogens (tertiary/aromatic N) is 2. The van der Waals surface area contributed by atoms with E-state index in [0.29, 0.717) is 35.2 Å². The number of nitrogens with one attached hydrogen (secondary N) is 2. The van der Waals surface area contributed by atoms with Gasteiger partial charge < -0.3 is 21.3 Å². The highest BCUT2D eigenvalue weighted by Crippen LogP contribution is 2.21. The zero-order valence-corrected chi connectivity index (χ0v) is 18.0. The first kappa shape index (κ1) is 23.4. The van der Waals surface area contributed by atoms with E-state index in [4.69, 9.17) is 17.3 Å². The second-order valence-corrected chi connectivity index (χ2v) is 7.07. The summed E-state index contributed by atoms with van der Waals surface area (Å²) < 4.78 is 13.9. The first-order valence-electron chi connectivity index (χ1n) is 9.69. The predicted octanol–water partition coefficient (Wildman–Crippen LogP) is 4.47. The van der Waals surface area contributed by atoms with E-state index < -0.39 is 5.82 Å². The molecule has 2 rings (SSSR count). The van der Waals surface area contributed by atoms with Crippen molar-refractivity contribution < 1.29 is 9.18 Å². The molecule has 1 aromatic carbocycles. The van der Waals surface area contributed by atoms with Crippen LogP contribution in [0.2, 0.25) is 5.02 Å². The van der Waals surface area contributed by atoms with E-state index in [1.807, 2.05) is 0 Å². The van der Waals surface area contributed by atoms with Gasteiger partial charge in [0.25, 0.3) is 0 Å². The molecule has 0 fully saturated rings. The van der Waals surface area contributed by atoms with Gasteiger partial charge in [0.15, 0.2) is 0 Å². The Morgan fingerprint density at radius 3 is 2.70 bits per heavy atom.